The van der Waals surface area contributed by atoms with Crippen molar-refractivity contribution in [2.75, 3.05) is 12.5 Å². The summed E-state index contributed by atoms with van der Waals surface area (Å²) in [5, 5.41) is 15.7. The van der Waals surface area contributed by atoms with Gasteiger partial charge < -0.3 is 14.6 Å². The number of anilines is 1. The number of para-hydroxylation sites is 1. The first-order chi connectivity index (χ1) is 12.7. The molecule has 0 aromatic heterocycles. The predicted molar refractivity (Wildman–Crippen MR) is 99.5 cm³/mol. The molecule has 0 aliphatic carbocycles. The van der Waals surface area contributed by atoms with Gasteiger partial charge in [-0.25, -0.2) is 0 Å². The maximum atomic E-state index is 11.3. The van der Waals surface area contributed by atoms with Crippen LogP contribution in [-0.2, 0) is 0 Å². The number of aromatic carboxylic acids is 1. The smallest absolute Gasteiger partial charge is 0.118 e. The van der Waals surface area contributed by atoms with Crippen molar-refractivity contribution < 1.29 is 14.6 Å². The minimum atomic E-state index is -1.26. The Kier molecular flexibility index (Phi) is 5.29. The second-order valence-corrected chi connectivity index (χ2v) is 5.50. The lowest BCUT2D eigenvalue weighted by molar-refractivity contribution is -0.254. The Morgan fingerprint density at radius 1 is 0.885 bits per heavy atom. The highest BCUT2D eigenvalue weighted by atomic mass is 16.5. The van der Waals surface area contributed by atoms with Crippen molar-refractivity contribution >= 4 is 17.4 Å². The van der Waals surface area contributed by atoms with Crippen molar-refractivity contribution in [2.45, 2.75) is 0 Å². The van der Waals surface area contributed by atoms with Gasteiger partial charge in [-0.1, -0.05) is 48.5 Å². The van der Waals surface area contributed by atoms with Gasteiger partial charge in [0.05, 0.1) is 24.5 Å². The molecule has 130 valence electrons. The molecular formula is C21H17N2O3-. The van der Waals surface area contributed by atoms with Crippen molar-refractivity contribution in [1.82, 2.24) is 0 Å². The number of nitrogens with one attached hydrogen (secondary N) is 1. The number of carbonyl (C=O) groups excluding carboxylic acids is 1. The van der Waals surface area contributed by atoms with Crippen LogP contribution in [0.1, 0.15) is 21.5 Å². The van der Waals surface area contributed by atoms with Crippen LogP contribution in [-0.4, -0.2) is 18.8 Å². The zero-order valence-corrected chi connectivity index (χ0v) is 14.2. The Balaban J connectivity index is 2.01. The minimum absolute atomic E-state index is 0.0541. The second-order valence-electron chi connectivity index (χ2n) is 5.50. The van der Waals surface area contributed by atoms with E-state index in [9.17, 15) is 9.90 Å². The van der Waals surface area contributed by atoms with Gasteiger partial charge in [-0.3, -0.25) is 5.43 Å². The van der Waals surface area contributed by atoms with E-state index in [0.717, 1.165) is 16.9 Å². The van der Waals surface area contributed by atoms with Gasteiger partial charge >= 0.3 is 0 Å². The van der Waals surface area contributed by atoms with Crippen molar-refractivity contribution in [2.24, 2.45) is 5.10 Å². The molecule has 0 heterocycles. The molecule has 0 fully saturated rings. The minimum Gasteiger partial charge on any atom is -0.545 e. The van der Waals surface area contributed by atoms with Gasteiger partial charge in [0, 0.05) is 16.7 Å². The molecule has 0 saturated heterocycles. The van der Waals surface area contributed by atoms with Crippen molar-refractivity contribution in [3.63, 3.8) is 0 Å². The molecule has 0 atom stereocenters. The van der Waals surface area contributed by atoms with E-state index in [1.807, 2.05) is 54.6 Å². The molecule has 0 radical (unpaired) electrons. The fourth-order valence-corrected chi connectivity index (χ4v) is 2.52. The topological polar surface area (TPSA) is 73.8 Å². The maximum absolute atomic E-state index is 11.3. The third-order valence-corrected chi connectivity index (χ3v) is 3.85. The lowest BCUT2D eigenvalue weighted by Crippen LogP contribution is -2.23. The van der Waals surface area contributed by atoms with E-state index in [2.05, 4.69) is 10.5 Å². The average molecular weight is 345 g/mol. The number of methoxy groups -OCH3 is 1. The van der Waals surface area contributed by atoms with Crippen molar-refractivity contribution in [1.29, 1.82) is 0 Å². The first-order valence-corrected chi connectivity index (χ1v) is 8.03. The number of hydrazone groups is 1. The van der Waals surface area contributed by atoms with Crippen LogP contribution >= 0.6 is 0 Å². The highest BCUT2D eigenvalue weighted by Gasteiger charge is 2.08. The number of hydrogen-bond donors (Lipinski definition) is 1. The zero-order chi connectivity index (χ0) is 18.4. The fraction of sp³-hybridized carbons (Fsp3) is 0.0476. The molecule has 0 aliphatic rings. The molecule has 0 bridgehead atoms. The molecule has 1 N–H and O–H groups in total. The Morgan fingerprint density at radius 3 is 2.15 bits per heavy atom. The van der Waals surface area contributed by atoms with Gasteiger partial charge in [0.25, 0.3) is 0 Å². The van der Waals surface area contributed by atoms with Gasteiger partial charge in [-0.15, -0.1) is 0 Å². The van der Waals surface area contributed by atoms with E-state index in [4.69, 9.17) is 4.74 Å². The van der Waals surface area contributed by atoms with Gasteiger partial charge in [0.1, 0.15) is 5.75 Å². The first-order valence-electron chi connectivity index (χ1n) is 8.03. The van der Waals surface area contributed by atoms with E-state index in [-0.39, 0.29) is 5.56 Å². The molecule has 0 aliphatic heterocycles. The molecule has 0 amide bonds. The molecule has 0 spiro atoms. The number of carboxylic acid groups (broad SMARTS) is 1. The first kappa shape index (κ1) is 17.2. The van der Waals surface area contributed by atoms with E-state index < -0.39 is 5.97 Å². The summed E-state index contributed by atoms with van der Waals surface area (Å²) >= 11 is 0. The Labute approximate surface area is 151 Å². The summed E-state index contributed by atoms with van der Waals surface area (Å²) in [6.07, 6.45) is 0. The summed E-state index contributed by atoms with van der Waals surface area (Å²) in [7, 11) is 1.61. The number of rotatable bonds is 6. The Hall–Kier alpha value is -3.60. The van der Waals surface area contributed by atoms with Crippen LogP contribution in [0.15, 0.2) is 84.0 Å². The van der Waals surface area contributed by atoms with Crippen molar-refractivity contribution in [3.05, 3.63) is 95.6 Å². The number of hydrogen-bond acceptors (Lipinski definition) is 5. The molecule has 0 unspecified atom stereocenters. The van der Waals surface area contributed by atoms with E-state index in [0.29, 0.717) is 11.4 Å². The van der Waals surface area contributed by atoms with Gasteiger partial charge in [-0.05, 0) is 30.3 Å². The summed E-state index contributed by atoms with van der Waals surface area (Å²) in [4.78, 5) is 11.3. The monoisotopic (exact) mass is 345 g/mol. The molecule has 3 aromatic rings. The van der Waals surface area contributed by atoms with Gasteiger partial charge in [-0.2, -0.15) is 5.10 Å². The van der Waals surface area contributed by atoms with Crippen LogP contribution in [0.3, 0.4) is 0 Å². The Bertz CT molecular complexity index is 920. The fourth-order valence-electron chi connectivity index (χ4n) is 2.52. The molecule has 0 saturated carbocycles. The molecular weight excluding hydrogens is 328 g/mol. The van der Waals surface area contributed by atoms with Crippen LogP contribution in [0.25, 0.3) is 0 Å². The van der Waals surface area contributed by atoms with Gasteiger partial charge in [0.15, 0.2) is 0 Å². The standard InChI is InChI=1S/C21H18N2O3/c1-26-17-13-11-16(12-14-17)20(15-7-3-2-4-8-15)23-22-19-10-6-5-9-18(19)21(24)25/h2-14,22H,1H3,(H,24,25)/p-1/b23-20+. The van der Waals surface area contributed by atoms with Crippen LogP contribution in [0, 0.1) is 0 Å². The lowest BCUT2D eigenvalue weighted by atomic mass is 10.0. The summed E-state index contributed by atoms with van der Waals surface area (Å²) in [5.74, 6) is -0.509. The number of carboxylic acids is 1. The van der Waals surface area contributed by atoms with Crippen molar-refractivity contribution in [3.8, 4) is 5.75 Å². The van der Waals surface area contributed by atoms with E-state index in [1.54, 1.807) is 25.3 Å². The van der Waals surface area contributed by atoms with Crippen LogP contribution in [0.2, 0.25) is 0 Å². The van der Waals surface area contributed by atoms with E-state index in [1.165, 1.54) is 6.07 Å². The lowest BCUT2D eigenvalue weighted by Gasteiger charge is -2.12. The second kappa shape index (κ2) is 7.98. The quantitative estimate of drug-likeness (QED) is 0.551. The summed E-state index contributed by atoms with van der Waals surface area (Å²) in [6, 6.07) is 23.6. The summed E-state index contributed by atoms with van der Waals surface area (Å²) in [5.41, 5.74) is 5.73. The molecule has 26 heavy (non-hydrogen) atoms. The highest BCUT2D eigenvalue weighted by Crippen LogP contribution is 2.18. The van der Waals surface area contributed by atoms with E-state index >= 15 is 0 Å². The average Bonchev–Trinajstić information content (AvgIpc) is 2.69. The predicted octanol–water partition coefficient (Wildman–Crippen LogP) is 2.92. The molecule has 5 nitrogen and oxygen atoms in total. The maximum Gasteiger partial charge on any atom is 0.118 e. The molecule has 3 rings (SSSR count). The summed E-state index contributed by atoms with van der Waals surface area (Å²) in [6.45, 7) is 0. The number of benzene rings is 3. The normalized spacial score (nSPS) is 11.0. The molecule has 5 heteroatoms. The SMILES string of the molecule is COc1ccc(/C(=N/Nc2ccccc2C(=O)[O-])c2ccccc2)cc1. The summed E-state index contributed by atoms with van der Waals surface area (Å²) < 4.78 is 5.20. The number of carbonyl (C=O) groups is 1. The van der Waals surface area contributed by atoms with Gasteiger partial charge in [0.2, 0.25) is 0 Å². The largest absolute Gasteiger partial charge is 0.545 e. The third-order valence-electron chi connectivity index (χ3n) is 3.85. The Morgan fingerprint density at radius 2 is 1.50 bits per heavy atom. The highest BCUT2D eigenvalue weighted by molar-refractivity contribution is 6.13. The third kappa shape index (κ3) is 3.89. The molecule has 3 aromatic carbocycles. The number of nitrogens with zero attached hydrogens (tertiary/aromatic N) is 1. The van der Waals surface area contributed by atoms with Crippen LogP contribution in [0.5, 0.6) is 5.75 Å². The van der Waals surface area contributed by atoms with Crippen LogP contribution < -0.4 is 15.3 Å². The number of ether oxygens (including phenoxy) is 1. The zero-order valence-electron chi connectivity index (χ0n) is 14.2. The van der Waals surface area contributed by atoms with Crippen LogP contribution in [0.4, 0.5) is 5.69 Å².